The van der Waals surface area contributed by atoms with Crippen molar-refractivity contribution in [3.8, 4) is 5.69 Å². The van der Waals surface area contributed by atoms with Crippen LogP contribution in [0.1, 0.15) is 36.3 Å². The third-order valence-corrected chi connectivity index (χ3v) is 4.22. The average molecular weight is 336 g/mol. The second-order valence-electron chi connectivity index (χ2n) is 5.84. The van der Waals surface area contributed by atoms with E-state index in [9.17, 15) is 4.79 Å². The van der Waals surface area contributed by atoms with Gasteiger partial charge in [0.25, 0.3) is 5.91 Å². The highest BCUT2D eigenvalue weighted by Crippen LogP contribution is 2.22. The Bertz CT molecular complexity index is 682. The number of hydrogen-bond acceptors (Lipinski definition) is 3. The lowest BCUT2D eigenvalue weighted by molar-refractivity contribution is 0.0916. The highest BCUT2D eigenvalue weighted by atomic mass is 35.5. The summed E-state index contributed by atoms with van der Waals surface area (Å²) in [6, 6.07) is 7.29. The first-order valence-corrected chi connectivity index (χ1v) is 8.04. The minimum absolute atomic E-state index is 0.0427. The first-order chi connectivity index (χ1) is 11.0. The lowest BCUT2D eigenvalue weighted by atomic mass is 10.0. The maximum absolute atomic E-state index is 12.5. The zero-order chi connectivity index (χ0) is 17.0. The van der Waals surface area contributed by atoms with Crippen molar-refractivity contribution in [1.82, 2.24) is 15.1 Å². The predicted octanol–water partition coefficient (Wildman–Crippen LogP) is 2.97. The van der Waals surface area contributed by atoms with Crippen LogP contribution < -0.4 is 5.32 Å². The van der Waals surface area contributed by atoms with Crippen LogP contribution in [0.25, 0.3) is 5.69 Å². The van der Waals surface area contributed by atoms with Crippen molar-refractivity contribution in [3.05, 3.63) is 46.7 Å². The minimum Gasteiger partial charge on any atom is -0.396 e. The summed E-state index contributed by atoms with van der Waals surface area (Å²) in [6.07, 6.45) is 2.07. The second kappa shape index (κ2) is 7.62. The summed E-state index contributed by atoms with van der Waals surface area (Å²) in [5.41, 5.74) is 1.97. The Morgan fingerprint density at radius 2 is 2.09 bits per heavy atom. The van der Waals surface area contributed by atoms with Gasteiger partial charge in [0, 0.05) is 12.6 Å². The van der Waals surface area contributed by atoms with Gasteiger partial charge in [-0.15, -0.1) is 0 Å². The third kappa shape index (κ3) is 3.92. The van der Waals surface area contributed by atoms with Gasteiger partial charge >= 0.3 is 0 Å². The molecule has 5 nitrogen and oxygen atoms in total. The van der Waals surface area contributed by atoms with Crippen LogP contribution in [0.15, 0.2) is 30.5 Å². The molecule has 1 unspecified atom stereocenters. The molecule has 0 radical (unpaired) electrons. The van der Waals surface area contributed by atoms with E-state index in [1.54, 1.807) is 16.9 Å². The van der Waals surface area contributed by atoms with Crippen molar-refractivity contribution >= 4 is 17.5 Å². The number of hydrogen-bond donors (Lipinski definition) is 2. The fourth-order valence-electron chi connectivity index (χ4n) is 2.46. The van der Waals surface area contributed by atoms with Gasteiger partial charge in [-0.05, 0) is 31.4 Å². The molecule has 2 rings (SSSR count). The molecule has 0 aliphatic heterocycles. The molecule has 0 spiro atoms. The van der Waals surface area contributed by atoms with Gasteiger partial charge in [-0.2, -0.15) is 5.10 Å². The summed E-state index contributed by atoms with van der Waals surface area (Å²) in [6.45, 7) is 5.91. The molecule has 0 fully saturated rings. The molecule has 124 valence electrons. The molecule has 2 N–H and O–H groups in total. The lowest BCUT2D eigenvalue weighted by Gasteiger charge is -2.21. The van der Waals surface area contributed by atoms with E-state index in [-0.39, 0.29) is 24.5 Å². The largest absolute Gasteiger partial charge is 0.396 e. The molecule has 0 aliphatic rings. The standard InChI is InChI=1S/C17H22ClN3O2/c1-11(2)15(8-9-22)20-17(23)13-10-19-21(12(13)3)16-7-5-4-6-14(16)18/h4-7,10-11,15,22H,8-9H2,1-3H3,(H,20,23). The molecular weight excluding hydrogens is 314 g/mol. The second-order valence-corrected chi connectivity index (χ2v) is 6.25. The number of para-hydroxylation sites is 1. The highest BCUT2D eigenvalue weighted by Gasteiger charge is 2.20. The number of amides is 1. The molecule has 0 saturated heterocycles. The van der Waals surface area contributed by atoms with Crippen LogP contribution in [-0.2, 0) is 0 Å². The van der Waals surface area contributed by atoms with E-state index in [1.165, 1.54) is 0 Å². The summed E-state index contributed by atoms with van der Waals surface area (Å²) in [7, 11) is 0. The maximum Gasteiger partial charge on any atom is 0.254 e. The molecule has 1 heterocycles. The Morgan fingerprint density at radius 1 is 1.39 bits per heavy atom. The van der Waals surface area contributed by atoms with Crippen LogP contribution in [0.3, 0.4) is 0 Å². The first kappa shape index (κ1) is 17.5. The van der Waals surface area contributed by atoms with Gasteiger partial charge in [0.15, 0.2) is 0 Å². The van der Waals surface area contributed by atoms with Gasteiger partial charge in [-0.3, -0.25) is 4.79 Å². The lowest BCUT2D eigenvalue weighted by Crippen LogP contribution is -2.39. The van der Waals surface area contributed by atoms with Gasteiger partial charge in [0.2, 0.25) is 0 Å². The van der Waals surface area contributed by atoms with Crippen LogP contribution in [0, 0.1) is 12.8 Å². The summed E-state index contributed by atoms with van der Waals surface area (Å²) in [5, 5.41) is 17.0. The Kier molecular flexibility index (Phi) is 5.80. The number of halogens is 1. The van der Waals surface area contributed by atoms with Gasteiger partial charge in [-0.25, -0.2) is 4.68 Å². The van der Waals surface area contributed by atoms with Crippen molar-refractivity contribution in [2.45, 2.75) is 33.2 Å². The van der Waals surface area contributed by atoms with Crippen LogP contribution >= 0.6 is 11.6 Å². The summed E-state index contributed by atoms with van der Waals surface area (Å²) < 4.78 is 1.66. The van der Waals surface area contributed by atoms with E-state index in [4.69, 9.17) is 16.7 Å². The zero-order valence-electron chi connectivity index (χ0n) is 13.6. The number of aliphatic hydroxyl groups is 1. The monoisotopic (exact) mass is 335 g/mol. The molecule has 1 aromatic carbocycles. The molecule has 1 amide bonds. The first-order valence-electron chi connectivity index (χ1n) is 7.67. The van der Waals surface area contributed by atoms with Crippen LogP contribution in [0.4, 0.5) is 0 Å². The molecule has 1 atom stereocenters. The number of aromatic nitrogens is 2. The molecule has 6 heteroatoms. The van der Waals surface area contributed by atoms with E-state index in [0.717, 1.165) is 11.4 Å². The quantitative estimate of drug-likeness (QED) is 0.852. The summed E-state index contributed by atoms with van der Waals surface area (Å²) in [4.78, 5) is 12.5. The predicted molar refractivity (Wildman–Crippen MR) is 91.1 cm³/mol. The van der Waals surface area contributed by atoms with Crippen LogP contribution in [0.5, 0.6) is 0 Å². The van der Waals surface area contributed by atoms with Crippen molar-refractivity contribution in [1.29, 1.82) is 0 Å². The fourth-order valence-corrected chi connectivity index (χ4v) is 2.67. The van der Waals surface area contributed by atoms with Gasteiger partial charge in [-0.1, -0.05) is 37.6 Å². The Balaban J connectivity index is 2.25. The topological polar surface area (TPSA) is 67.2 Å². The molecule has 2 aromatic rings. The number of benzene rings is 1. The minimum atomic E-state index is -0.187. The fraction of sp³-hybridized carbons (Fsp3) is 0.412. The SMILES string of the molecule is Cc1c(C(=O)NC(CCO)C(C)C)cnn1-c1ccccc1Cl. The highest BCUT2D eigenvalue weighted by molar-refractivity contribution is 6.32. The van der Waals surface area contributed by atoms with E-state index >= 15 is 0 Å². The number of nitrogens with one attached hydrogen (secondary N) is 1. The Morgan fingerprint density at radius 3 is 2.70 bits per heavy atom. The van der Waals surface area contributed by atoms with Crippen molar-refractivity contribution in [2.75, 3.05) is 6.61 Å². The molecule has 0 saturated carbocycles. The van der Waals surface area contributed by atoms with E-state index < -0.39 is 0 Å². The van der Waals surface area contributed by atoms with E-state index in [1.807, 2.05) is 39.0 Å². The number of carbonyl (C=O) groups is 1. The third-order valence-electron chi connectivity index (χ3n) is 3.90. The van der Waals surface area contributed by atoms with Crippen molar-refractivity contribution in [3.63, 3.8) is 0 Å². The molecule has 0 aliphatic carbocycles. The number of carbonyl (C=O) groups excluding carboxylic acids is 1. The number of rotatable bonds is 6. The number of nitrogens with zero attached hydrogens (tertiary/aromatic N) is 2. The summed E-state index contributed by atoms with van der Waals surface area (Å²) in [5.74, 6) is 0.0537. The van der Waals surface area contributed by atoms with Crippen molar-refractivity contribution in [2.24, 2.45) is 5.92 Å². The average Bonchev–Trinajstić information content (AvgIpc) is 2.89. The zero-order valence-corrected chi connectivity index (χ0v) is 14.3. The molecule has 0 bridgehead atoms. The van der Waals surface area contributed by atoms with Gasteiger partial charge in [0.05, 0.1) is 28.2 Å². The molecular formula is C17H22ClN3O2. The van der Waals surface area contributed by atoms with Crippen molar-refractivity contribution < 1.29 is 9.90 Å². The van der Waals surface area contributed by atoms with Crippen LogP contribution in [-0.4, -0.2) is 33.4 Å². The molecule has 1 aromatic heterocycles. The smallest absolute Gasteiger partial charge is 0.254 e. The Hall–Kier alpha value is -1.85. The molecule has 23 heavy (non-hydrogen) atoms. The van der Waals surface area contributed by atoms with Crippen LogP contribution in [0.2, 0.25) is 5.02 Å². The number of aliphatic hydroxyl groups excluding tert-OH is 1. The van der Waals surface area contributed by atoms with E-state index in [2.05, 4.69) is 10.4 Å². The maximum atomic E-state index is 12.5. The van der Waals surface area contributed by atoms with E-state index in [0.29, 0.717) is 17.0 Å². The normalized spacial score (nSPS) is 12.4. The summed E-state index contributed by atoms with van der Waals surface area (Å²) >= 11 is 6.20. The Labute approximate surface area is 141 Å². The van der Waals surface area contributed by atoms with Gasteiger partial charge in [0.1, 0.15) is 0 Å². The van der Waals surface area contributed by atoms with Gasteiger partial charge < -0.3 is 10.4 Å².